The number of ketones is 1. The summed E-state index contributed by atoms with van der Waals surface area (Å²) >= 11 is 1.37. The van der Waals surface area contributed by atoms with Gasteiger partial charge in [-0.1, -0.05) is 52.2 Å². The number of carbonyl (C=O) groups excluding carboxylic acids is 4. The van der Waals surface area contributed by atoms with Crippen molar-refractivity contribution in [3.05, 3.63) is 138 Å². The van der Waals surface area contributed by atoms with E-state index in [1.807, 2.05) is 25.7 Å². The SMILES string of the molecule is CN[C@@H](C)C(=O)N[C@H](C(=O)N1CCC[C@H]1c1nc(C(=O)c2cccc(OCCOCCOCCOCCC(=O)N3CCn4nc(Nc5cc(-c6ccnc(-n7ncc8cc(C(C)(C)C)cc(F)c8c7=O)c6CO)cn(C)c5=O)cc4C3)c2)cs1)C1CCCCC1. The van der Waals surface area contributed by atoms with Crippen molar-refractivity contribution in [2.45, 2.75) is 122 Å². The molecule has 0 radical (unpaired) electrons. The molecule has 25 heteroatoms. The summed E-state index contributed by atoms with van der Waals surface area (Å²) in [5, 5.41) is 31.6. The number of thiazole rings is 1. The van der Waals surface area contributed by atoms with Gasteiger partial charge in [-0.2, -0.15) is 14.9 Å². The van der Waals surface area contributed by atoms with Crippen LogP contribution in [0.25, 0.3) is 27.7 Å². The second kappa shape index (κ2) is 29.3. The van der Waals surface area contributed by atoms with E-state index in [-0.39, 0.29) is 88.5 Å². The second-order valence-corrected chi connectivity index (χ2v) is 24.9. The van der Waals surface area contributed by atoms with Crippen molar-refractivity contribution >= 4 is 57.1 Å². The van der Waals surface area contributed by atoms with Gasteiger partial charge in [0.15, 0.2) is 11.6 Å². The van der Waals surface area contributed by atoms with E-state index in [9.17, 15) is 33.9 Å². The van der Waals surface area contributed by atoms with Crippen LogP contribution in [0.2, 0.25) is 0 Å². The summed E-state index contributed by atoms with van der Waals surface area (Å²) < 4.78 is 42.7. The Morgan fingerprint density at radius 3 is 2.38 bits per heavy atom. The molecule has 7 heterocycles. The van der Waals surface area contributed by atoms with Crippen LogP contribution >= 0.6 is 11.3 Å². The maximum atomic E-state index is 15.6. The molecule has 4 N–H and O–H groups in total. The number of aliphatic hydroxyl groups excluding tert-OH is 1. The van der Waals surface area contributed by atoms with Gasteiger partial charge in [-0.3, -0.25) is 33.4 Å². The third kappa shape index (κ3) is 15.0. The molecule has 2 aromatic carbocycles. The molecule has 23 nitrogen and oxygen atoms in total. The van der Waals surface area contributed by atoms with Crippen LogP contribution in [0.3, 0.4) is 0 Å². The maximum absolute atomic E-state index is 15.6. The Balaban J connectivity index is 0.628. The van der Waals surface area contributed by atoms with Gasteiger partial charge in [0.05, 0.1) is 95.1 Å². The number of pyridine rings is 2. The van der Waals surface area contributed by atoms with Crippen LogP contribution in [0.4, 0.5) is 15.9 Å². The normalized spacial score (nSPS) is 16.1. The molecule has 2 fully saturated rings. The van der Waals surface area contributed by atoms with Crippen LogP contribution < -0.4 is 31.8 Å². The molecule has 3 amide bonds. The molecule has 10 rings (SSSR count). The van der Waals surface area contributed by atoms with Gasteiger partial charge in [-0.15, -0.1) is 11.3 Å². The van der Waals surface area contributed by atoms with Crippen LogP contribution in [-0.2, 0) is 60.8 Å². The molecule has 5 aromatic heterocycles. The number of rotatable bonds is 26. The predicted octanol–water partition coefficient (Wildman–Crippen LogP) is 6.90. The highest BCUT2D eigenvalue weighted by atomic mass is 32.1. The lowest BCUT2D eigenvalue weighted by Crippen LogP contribution is -2.55. The first-order chi connectivity index (χ1) is 43.4. The number of amides is 3. The Morgan fingerprint density at radius 1 is 0.878 bits per heavy atom. The average Bonchev–Trinajstić information content (AvgIpc) is 1.79. The third-order valence-electron chi connectivity index (χ3n) is 16.9. The van der Waals surface area contributed by atoms with Crippen molar-refractivity contribution in [1.82, 2.24) is 54.5 Å². The molecule has 1 saturated heterocycles. The minimum Gasteiger partial charge on any atom is -0.491 e. The van der Waals surface area contributed by atoms with Crippen molar-refractivity contribution < 1.29 is 47.6 Å². The molecule has 478 valence electrons. The van der Waals surface area contributed by atoms with Gasteiger partial charge in [0, 0.05) is 66.1 Å². The van der Waals surface area contributed by atoms with Crippen molar-refractivity contribution in [2.24, 2.45) is 13.0 Å². The zero-order valence-corrected chi connectivity index (χ0v) is 52.6. The largest absolute Gasteiger partial charge is 0.491 e. The summed E-state index contributed by atoms with van der Waals surface area (Å²) in [6, 6.07) is 13.8. The van der Waals surface area contributed by atoms with Gasteiger partial charge >= 0.3 is 0 Å². The van der Waals surface area contributed by atoms with Gasteiger partial charge in [0.25, 0.3) is 11.1 Å². The van der Waals surface area contributed by atoms with Gasteiger partial charge in [0.2, 0.25) is 23.5 Å². The second-order valence-electron chi connectivity index (χ2n) is 24.0. The number of benzene rings is 2. The van der Waals surface area contributed by atoms with Crippen molar-refractivity contribution in [3.8, 4) is 22.7 Å². The lowest BCUT2D eigenvalue weighted by Gasteiger charge is -2.35. The fraction of sp³-hybridized carbons (Fsp3) is 0.477. The minimum atomic E-state index is -0.735. The van der Waals surface area contributed by atoms with Gasteiger partial charge < -0.3 is 54.4 Å². The van der Waals surface area contributed by atoms with E-state index >= 15 is 4.39 Å². The van der Waals surface area contributed by atoms with E-state index in [0.717, 1.165) is 55.3 Å². The average molecular weight is 1260 g/mol. The Kier molecular flexibility index (Phi) is 21.1. The fourth-order valence-electron chi connectivity index (χ4n) is 11.8. The van der Waals surface area contributed by atoms with E-state index in [1.54, 1.807) is 90.7 Å². The number of aryl methyl sites for hydroxylation is 1. The Morgan fingerprint density at radius 2 is 1.63 bits per heavy atom. The Labute approximate surface area is 524 Å². The number of nitrogens with zero attached hydrogens (tertiary/aromatic N) is 9. The van der Waals surface area contributed by atoms with E-state index < -0.39 is 30.1 Å². The van der Waals surface area contributed by atoms with Crippen LogP contribution in [0.15, 0.2) is 88.2 Å². The smallest absolute Gasteiger partial charge is 0.283 e. The van der Waals surface area contributed by atoms with E-state index in [0.29, 0.717) is 109 Å². The topological polar surface area (TPSA) is 268 Å². The number of likely N-dealkylation sites (tertiary alicyclic amines) is 1. The zero-order chi connectivity index (χ0) is 63.6. The molecular weight excluding hydrogens is 1180 g/mol. The third-order valence-corrected chi connectivity index (χ3v) is 17.8. The molecule has 1 aliphatic carbocycles. The number of fused-ring (bicyclic) bond motifs is 2. The highest BCUT2D eigenvalue weighted by molar-refractivity contribution is 7.10. The summed E-state index contributed by atoms with van der Waals surface area (Å²) in [5.74, 6) is -0.287. The number of ether oxygens (including phenoxy) is 4. The van der Waals surface area contributed by atoms with Gasteiger partial charge in [0.1, 0.15) is 40.6 Å². The number of aromatic nitrogens is 7. The van der Waals surface area contributed by atoms with Gasteiger partial charge in [-0.25, -0.2) is 14.4 Å². The van der Waals surface area contributed by atoms with E-state index in [1.165, 1.54) is 34.4 Å². The van der Waals surface area contributed by atoms with Crippen LogP contribution in [0.1, 0.15) is 123 Å². The first kappa shape index (κ1) is 64.9. The van der Waals surface area contributed by atoms with E-state index in [2.05, 4.69) is 31.1 Å². The first-order valence-corrected chi connectivity index (χ1v) is 31.7. The number of anilines is 2. The zero-order valence-electron chi connectivity index (χ0n) is 51.8. The molecule has 0 unspecified atom stereocenters. The molecule has 7 aromatic rings. The number of nitrogens with one attached hydrogen (secondary N) is 3. The summed E-state index contributed by atoms with van der Waals surface area (Å²) in [6.07, 6.45) is 11.2. The number of hydrogen-bond acceptors (Lipinski definition) is 18. The lowest BCUT2D eigenvalue weighted by atomic mass is 9.83. The highest BCUT2D eigenvalue weighted by Crippen LogP contribution is 2.37. The number of carbonyl (C=O) groups is 4. The molecular formula is C65H79FN12O11S. The molecule has 3 atom stereocenters. The first-order valence-electron chi connectivity index (χ1n) is 30.8. The molecule has 0 bridgehead atoms. The summed E-state index contributed by atoms with van der Waals surface area (Å²) in [4.78, 5) is 94.3. The van der Waals surface area contributed by atoms with Crippen LogP contribution in [0, 0.1) is 11.7 Å². The van der Waals surface area contributed by atoms with Crippen molar-refractivity contribution in [3.63, 3.8) is 0 Å². The summed E-state index contributed by atoms with van der Waals surface area (Å²) in [5.41, 5.74) is 2.15. The van der Waals surface area contributed by atoms with Crippen molar-refractivity contribution in [2.75, 3.05) is 71.7 Å². The van der Waals surface area contributed by atoms with E-state index in [4.69, 9.17) is 23.9 Å². The van der Waals surface area contributed by atoms with Gasteiger partial charge in [-0.05, 0) is 98.5 Å². The summed E-state index contributed by atoms with van der Waals surface area (Å²) in [7, 11) is 3.32. The number of halogens is 1. The summed E-state index contributed by atoms with van der Waals surface area (Å²) in [6.45, 7) is 10.8. The van der Waals surface area contributed by atoms with Crippen molar-refractivity contribution in [1.29, 1.82) is 0 Å². The minimum absolute atomic E-state index is 0.0127. The standard InChI is InChI=1S/C65H79FN12O11S/c1-40(67-5)60(82)72-57(41-12-8-7-9-13-41)64(85)76-20-11-16-53(76)61-71-52(39-90-61)58(81)42-14-10-15-47(31-42)89-29-28-88-27-26-87-25-24-86-23-18-55(80)75-21-22-77-46(37-75)34-54(73-77)70-51-32-44(36-74(6)62(51)83)48-17-19-68-59(49(48)38-79)78-63(84)56-43(35-69-78)30-45(33-50(56)66)65(2,3)4/h10,14-15,17,19,30-36,39-41,53,57,67,79H,7-9,11-13,16,18,20-29,37-38H2,1-6H3,(H,70,73)(H,72,82)/t40-,53-,57-/m0/s1. The Hall–Kier alpha value is -8.07. The predicted molar refractivity (Wildman–Crippen MR) is 337 cm³/mol. The van der Waals surface area contributed by atoms with Crippen LogP contribution in [0.5, 0.6) is 5.75 Å². The Bertz CT molecular complexity index is 3850. The highest BCUT2D eigenvalue weighted by Gasteiger charge is 2.40. The molecule has 1 saturated carbocycles. The molecule has 3 aliphatic rings. The van der Waals surface area contributed by atoms with Crippen LogP contribution in [-0.4, -0.2) is 151 Å². The molecule has 2 aliphatic heterocycles. The number of aliphatic hydroxyl groups is 1. The quantitative estimate of drug-likeness (QED) is 0.0317. The maximum Gasteiger partial charge on any atom is 0.283 e. The molecule has 0 spiro atoms. The molecule has 90 heavy (non-hydrogen) atoms. The lowest BCUT2D eigenvalue weighted by molar-refractivity contribution is -0.139. The number of hydrogen-bond donors (Lipinski definition) is 4. The fourth-order valence-corrected chi connectivity index (χ4v) is 12.7. The monoisotopic (exact) mass is 1250 g/mol. The number of likely N-dealkylation sites (N-methyl/N-ethyl adjacent to an activating group) is 1.